The van der Waals surface area contributed by atoms with Crippen molar-refractivity contribution in [3.63, 3.8) is 0 Å². The van der Waals surface area contributed by atoms with Gasteiger partial charge in [0, 0.05) is 35.0 Å². The maximum Gasteiger partial charge on any atom is 0.262 e. The first kappa shape index (κ1) is 20.8. The van der Waals surface area contributed by atoms with Gasteiger partial charge in [-0.2, -0.15) is 0 Å². The lowest BCUT2D eigenvalue weighted by Gasteiger charge is -2.14. The molecule has 1 aromatic carbocycles. The highest BCUT2D eigenvalue weighted by Gasteiger charge is 2.22. The van der Waals surface area contributed by atoms with E-state index in [-0.39, 0.29) is 24.0 Å². The lowest BCUT2D eigenvalue weighted by molar-refractivity contribution is 0.0948. The van der Waals surface area contributed by atoms with Crippen LogP contribution in [0.4, 0.5) is 0 Å². The van der Waals surface area contributed by atoms with Crippen molar-refractivity contribution in [1.82, 2.24) is 14.1 Å². The van der Waals surface area contributed by atoms with Gasteiger partial charge in [-0.05, 0) is 44.4 Å². The van der Waals surface area contributed by atoms with Gasteiger partial charge >= 0.3 is 0 Å². The van der Waals surface area contributed by atoms with Gasteiger partial charge in [-0.3, -0.25) is 14.2 Å². The van der Waals surface area contributed by atoms with E-state index in [4.69, 9.17) is 4.74 Å². The Labute approximate surface area is 190 Å². The van der Waals surface area contributed by atoms with Crippen molar-refractivity contribution in [3.05, 3.63) is 76.1 Å². The first-order valence-electron chi connectivity index (χ1n) is 10.9. The average Bonchev–Trinajstić information content (AvgIpc) is 3.53. The number of thiophene rings is 1. The number of benzene rings is 1. The largest absolute Gasteiger partial charge is 0.376 e. The molecular formula is C25H25N3O3S. The van der Waals surface area contributed by atoms with Crippen molar-refractivity contribution in [2.75, 3.05) is 6.61 Å². The van der Waals surface area contributed by atoms with Gasteiger partial charge in [-0.25, -0.2) is 4.98 Å². The molecular weight excluding hydrogens is 422 g/mol. The Bertz CT molecular complexity index is 1340. The van der Waals surface area contributed by atoms with Gasteiger partial charge < -0.3 is 9.30 Å². The number of aryl methyl sites for hydroxylation is 1. The van der Waals surface area contributed by atoms with E-state index in [9.17, 15) is 9.59 Å². The number of carbonyl (C=O) groups is 1. The minimum Gasteiger partial charge on any atom is -0.376 e. The lowest BCUT2D eigenvalue weighted by atomic mass is 10.1. The Hall–Kier alpha value is -3.03. The molecule has 1 fully saturated rings. The van der Waals surface area contributed by atoms with Crippen LogP contribution in [0.15, 0.2) is 53.6 Å². The quantitative estimate of drug-likeness (QED) is 0.405. The highest BCUT2D eigenvalue weighted by Crippen LogP contribution is 2.30. The summed E-state index contributed by atoms with van der Waals surface area (Å²) >= 11 is 1.49. The number of fused-ring (bicyclic) bond motifs is 1. The number of aromatic nitrogens is 3. The molecule has 0 amide bonds. The van der Waals surface area contributed by atoms with Crippen molar-refractivity contribution in [2.45, 2.75) is 45.9 Å². The summed E-state index contributed by atoms with van der Waals surface area (Å²) in [6, 6.07) is 13.7. The highest BCUT2D eigenvalue weighted by molar-refractivity contribution is 7.21. The van der Waals surface area contributed by atoms with Crippen molar-refractivity contribution >= 4 is 27.3 Å². The Morgan fingerprint density at radius 2 is 2.03 bits per heavy atom. The summed E-state index contributed by atoms with van der Waals surface area (Å²) in [5.74, 6) is -0.0848. The second-order valence-corrected chi connectivity index (χ2v) is 9.36. The number of hydrogen-bond donors (Lipinski definition) is 0. The Kier molecular flexibility index (Phi) is 5.53. The Morgan fingerprint density at radius 1 is 1.22 bits per heavy atom. The Morgan fingerprint density at radius 3 is 2.78 bits per heavy atom. The normalized spacial score (nSPS) is 16.1. The number of Topliss-reactive ketones (excluding diaryl/α,β-unsaturated/α-hetero) is 1. The van der Waals surface area contributed by atoms with Crippen LogP contribution in [0.2, 0.25) is 0 Å². The van der Waals surface area contributed by atoms with Gasteiger partial charge in [-0.1, -0.05) is 30.3 Å². The predicted octanol–water partition coefficient (Wildman–Crippen LogP) is 4.61. The minimum atomic E-state index is -0.185. The van der Waals surface area contributed by atoms with E-state index in [2.05, 4.69) is 9.55 Å². The molecule has 1 aliphatic rings. The molecule has 32 heavy (non-hydrogen) atoms. The summed E-state index contributed by atoms with van der Waals surface area (Å²) in [6.45, 7) is 5.51. The van der Waals surface area contributed by atoms with Crippen LogP contribution < -0.4 is 5.56 Å². The van der Waals surface area contributed by atoms with Gasteiger partial charge in [0.2, 0.25) is 0 Å². The molecule has 1 saturated heterocycles. The number of ether oxygens (including phenoxy) is 1. The van der Waals surface area contributed by atoms with E-state index in [0.29, 0.717) is 15.8 Å². The van der Waals surface area contributed by atoms with Gasteiger partial charge in [0.25, 0.3) is 5.56 Å². The molecule has 1 unspecified atom stereocenters. The van der Waals surface area contributed by atoms with Crippen LogP contribution in [-0.4, -0.2) is 32.6 Å². The first-order chi connectivity index (χ1) is 15.5. The summed E-state index contributed by atoms with van der Waals surface area (Å²) in [5.41, 5.74) is 3.48. The molecule has 164 valence electrons. The van der Waals surface area contributed by atoms with Crippen LogP contribution in [0, 0.1) is 13.8 Å². The molecule has 1 aliphatic heterocycles. The van der Waals surface area contributed by atoms with Crippen molar-refractivity contribution in [1.29, 1.82) is 0 Å². The van der Waals surface area contributed by atoms with E-state index in [1.807, 2.05) is 56.3 Å². The summed E-state index contributed by atoms with van der Waals surface area (Å²) in [5, 5.41) is 0.549. The maximum atomic E-state index is 13.1. The summed E-state index contributed by atoms with van der Waals surface area (Å²) in [6.07, 6.45) is 3.82. The van der Waals surface area contributed by atoms with Crippen LogP contribution in [0.1, 0.15) is 34.6 Å². The zero-order valence-electron chi connectivity index (χ0n) is 18.2. The summed E-state index contributed by atoms with van der Waals surface area (Å²) in [7, 11) is 0. The zero-order valence-corrected chi connectivity index (χ0v) is 19.0. The van der Waals surface area contributed by atoms with Crippen LogP contribution >= 0.6 is 11.3 Å². The molecule has 1 atom stereocenters. The molecule has 6 nitrogen and oxygen atoms in total. The van der Waals surface area contributed by atoms with E-state index in [0.717, 1.165) is 47.8 Å². The minimum absolute atomic E-state index is 0.0253. The van der Waals surface area contributed by atoms with E-state index >= 15 is 0 Å². The number of rotatable bonds is 6. The van der Waals surface area contributed by atoms with Crippen LogP contribution in [0.5, 0.6) is 0 Å². The lowest BCUT2D eigenvalue weighted by Crippen LogP contribution is -2.24. The van der Waals surface area contributed by atoms with Crippen LogP contribution in [0.25, 0.3) is 20.7 Å². The third-order valence-corrected chi connectivity index (χ3v) is 7.27. The summed E-state index contributed by atoms with van der Waals surface area (Å²) in [4.78, 5) is 32.3. The van der Waals surface area contributed by atoms with Crippen molar-refractivity contribution in [3.8, 4) is 10.4 Å². The molecule has 0 radical (unpaired) electrons. The topological polar surface area (TPSA) is 66.1 Å². The van der Waals surface area contributed by atoms with E-state index in [1.54, 1.807) is 0 Å². The van der Waals surface area contributed by atoms with Crippen molar-refractivity contribution in [2.24, 2.45) is 0 Å². The number of hydrogen-bond acceptors (Lipinski definition) is 5. The van der Waals surface area contributed by atoms with Gasteiger partial charge in [0.05, 0.1) is 24.4 Å². The molecule has 0 N–H and O–H groups in total. The third kappa shape index (κ3) is 3.82. The van der Waals surface area contributed by atoms with Gasteiger partial charge in [0.15, 0.2) is 5.78 Å². The monoisotopic (exact) mass is 447 g/mol. The molecule has 4 heterocycles. The molecule has 7 heteroatoms. The molecule has 0 spiro atoms. The maximum absolute atomic E-state index is 13.1. The number of nitrogens with zero attached hydrogens (tertiary/aromatic N) is 3. The predicted molar refractivity (Wildman–Crippen MR) is 127 cm³/mol. The molecule has 4 aromatic rings. The van der Waals surface area contributed by atoms with Gasteiger partial charge in [-0.15, -0.1) is 11.3 Å². The second kappa shape index (κ2) is 8.48. The fourth-order valence-corrected chi connectivity index (χ4v) is 5.41. The smallest absolute Gasteiger partial charge is 0.262 e. The Balaban J connectivity index is 1.41. The van der Waals surface area contributed by atoms with Crippen LogP contribution in [-0.2, 0) is 17.8 Å². The van der Waals surface area contributed by atoms with Crippen LogP contribution in [0.3, 0.4) is 0 Å². The molecule has 5 rings (SSSR count). The number of ketones is 1. The molecule has 0 aliphatic carbocycles. The average molecular weight is 448 g/mol. The number of carbonyl (C=O) groups excluding carboxylic acids is 1. The fraction of sp³-hybridized carbons (Fsp3) is 0.320. The van der Waals surface area contributed by atoms with Crippen molar-refractivity contribution < 1.29 is 9.53 Å². The fourth-order valence-electron chi connectivity index (χ4n) is 4.41. The molecule has 0 bridgehead atoms. The van der Waals surface area contributed by atoms with E-state index < -0.39 is 0 Å². The standard InChI is InChI=1S/C25H25N3O3S/c1-16-11-20(17(2)28(16)13-19-9-6-10-31-19)22(29)14-27-15-26-24-21(25(27)30)12-23(32-24)18-7-4-3-5-8-18/h3-5,7-8,11-12,15,19H,6,9-10,13-14H2,1-2H3. The third-order valence-electron chi connectivity index (χ3n) is 6.17. The molecule has 0 saturated carbocycles. The zero-order chi connectivity index (χ0) is 22.2. The van der Waals surface area contributed by atoms with E-state index in [1.165, 1.54) is 22.2 Å². The van der Waals surface area contributed by atoms with Gasteiger partial charge in [0.1, 0.15) is 4.83 Å². The SMILES string of the molecule is Cc1cc(C(=O)Cn2cnc3sc(-c4ccccc4)cc3c2=O)c(C)n1CC1CCCO1. The first-order valence-corrected chi connectivity index (χ1v) is 11.7. The second-order valence-electron chi connectivity index (χ2n) is 8.33. The summed E-state index contributed by atoms with van der Waals surface area (Å²) < 4.78 is 9.33. The highest BCUT2D eigenvalue weighted by atomic mass is 32.1. The molecule has 3 aromatic heterocycles.